The van der Waals surface area contributed by atoms with Gasteiger partial charge < -0.3 is 18.9 Å². The Labute approximate surface area is 186 Å². The number of ether oxygens (including phenoxy) is 4. The molecule has 0 spiro atoms. The minimum absolute atomic E-state index is 0.0124. The van der Waals surface area contributed by atoms with Gasteiger partial charge in [0, 0.05) is 0 Å². The summed E-state index contributed by atoms with van der Waals surface area (Å²) in [4.78, 5) is 0. The van der Waals surface area contributed by atoms with Crippen LogP contribution in [-0.4, -0.2) is 41.3 Å². The summed E-state index contributed by atoms with van der Waals surface area (Å²) < 4.78 is 25.0. The summed E-state index contributed by atoms with van der Waals surface area (Å²) >= 11 is 6.76. The van der Waals surface area contributed by atoms with E-state index >= 15 is 0 Å². The molecule has 164 valence electrons. The molecule has 4 nitrogen and oxygen atoms in total. The van der Waals surface area contributed by atoms with Crippen LogP contribution in [0.2, 0.25) is 0 Å². The maximum atomic E-state index is 6.25. The van der Waals surface area contributed by atoms with E-state index in [0.29, 0.717) is 17.6 Å². The lowest BCUT2D eigenvalue weighted by Crippen LogP contribution is -2.41. The molecule has 0 bridgehead atoms. The number of thiocarbonyl (C=S) groups is 1. The summed E-state index contributed by atoms with van der Waals surface area (Å²) in [7, 11) is 0. The maximum Gasteiger partial charge on any atom is 0.220 e. The second kappa shape index (κ2) is 12.9. The number of rotatable bonds is 12. The first-order valence-electron chi connectivity index (χ1n) is 10.7. The van der Waals surface area contributed by atoms with Crippen molar-refractivity contribution in [2.75, 3.05) is 12.9 Å². The van der Waals surface area contributed by atoms with E-state index < -0.39 is 5.79 Å². The second-order valence-electron chi connectivity index (χ2n) is 7.95. The molecule has 0 saturated carbocycles. The Balaban J connectivity index is 1.97. The Hall–Kier alpha value is -0.660. The molecular weight excluding hydrogens is 404 g/mol. The number of hydrogen-bond acceptors (Lipinski definition) is 6. The van der Waals surface area contributed by atoms with Crippen LogP contribution in [0, 0.1) is 0 Å². The molecule has 1 fully saturated rings. The first kappa shape index (κ1) is 24.6. The molecule has 0 radical (unpaired) electrons. The molecule has 6 heteroatoms. The molecule has 0 unspecified atom stereocenters. The third kappa shape index (κ3) is 8.93. The Morgan fingerprint density at radius 2 is 1.86 bits per heavy atom. The number of thioether (sulfide) groups is 1. The highest BCUT2D eigenvalue weighted by Gasteiger charge is 2.46. The van der Waals surface area contributed by atoms with Gasteiger partial charge in [0.15, 0.2) is 11.9 Å². The molecule has 0 amide bonds. The lowest BCUT2D eigenvalue weighted by atomic mass is 10.0. The minimum Gasteiger partial charge on any atom is -0.470 e. The van der Waals surface area contributed by atoms with E-state index in [4.69, 9.17) is 31.2 Å². The highest BCUT2D eigenvalue weighted by Crippen LogP contribution is 2.34. The van der Waals surface area contributed by atoms with Crippen LogP contribution in [-0.2, 0) is 25.6 Å². The summed E-state index contributed by atoms with van der Waals surface area (Å²) in [5, 5.41) is 0. The summed E-state index contributed by atoms with van der Waals surface area (Å²) in [5.41, 5.74) is 1.13. The molecule has 3 atom stereocenters. The quantitative estimate of drug-likeness (QED) is 0.288. The Kier molecular flexibility index (Phi) is 10.9. The third-order valence-electron chi connectivity index (χ3n) is 4.99. The fourth-order valence-corrected chi connectivity index (χ4v) is 3.93. The van der Waals surface area contributed by atoms with Crippen LogP contribution in [0.15, 0.2) is 30.3 Å². The van der Waals surface area contributed by atoms with Crippen molar-refractivity contribution < 1.29 is 18.9 Å². The summed E-state index contributed by atoms with van der Waals surface area (Å²) in [5.74, 6) is -0.624. The molecule has 2 rings (SSSR count). The molecule has 1 aromatic carbocycles. The van der Waals surface area contributed by atoms with E-state index in [1.807, 2.05) is 38.3 Å². The van der Waals surface area contributed by atoms with Crippen LogP contribution in [0.25, 0.3) is 0 Å². The number of benzene rings is 1. The largest absolute Gasteiger partial charge is 0.470 e. The van der Waals surface area contributed by atoms with E-state index in [9.17, 15) is 0 Å². The molecule has 1 aromatic rings. The standard InChI is InChI=1S/C23H36O4S2/c1-5-6-7-8-12-15-19-21(27-23(2,3)26-19)20(25-22(28)29-4)17-24-16-18-13-10-9-11-14-18/h9-11,13-14,19-21H,5-8,12,15-17H2,1-4H3/t19-,20+,21+/m1/s1. The zero-order valence-electron chi connectivity index (χ0n) is 18.2. The van der Waals surface area contributed by atoms with Gasteiger partial charge in [0.05, 0.1) is 19.3 Å². The fourth-order valence-electron chi connectivity index (χ4n) is 3.59. The topological polar surface area (TPSA) is 36.9 Å². The normalized spacial score (nSPS) is 21.8. The van der Waals surface area contributed by atoms with Crippen LogP contribution in [0.4, 0.5) is 0 Å². The molecule has 29 heavy (non-hydrogen) atoms. The van der Waals surface area contributed by atoms with Crippen molar-refractivity contribution in [2.24, 2.45) is 0 Å². The third-order valence-corrected chi connectivity index (χ3v) is 6.01. The smallest absolute Gasteiger partial charge is 0.220 e. The van der Waals surface area contributed by atoms with Gasteiger partial charge in [0.1, 0.15) is 6.10 Å². The van der Waals surface area contributed by atoms with Crippen molar-refractivity contribution in [3.8, 4) is 0 Å². The van der Waals surface area contributed by atoms with Crippen molar-refractivity contribution in [1.29, 1.82) is 0 Å². The van der Waals surface area contributed by atoms with Gasteiger partial charge in [0.25, 0.3) is 0 Å². The average molecular weight is 441 g/mol. The van der Waals surface area contributed by atoms with Gasteiger partial charge in [-0.15, -0.1) is 0 Å². The molecule has 0 aromatic heterocycles. The summed E-state index contributed by atoms with van der Waals surface area (Å²) in [6, 6.07) is 10.1. The lowest BCUT2D eigenvalue weighted by Gasteiger charge is -2.27. The zero-order valence-corrected chi connectivity index (χ0v) is 19.9. The van der Waals surface area contributed by atoms with Crippen molar-refractivity contribution in [3.05, 3.63) is 35.9 Å². The Morgan fingerprint density at radius 3 is 2.55 bits per heavy atom. The van der Waals surface area contributed by atoms with Crippen molar-refractivity contribution in [1.82, 2.24) is 0 Å². The Bertz CT molecular complexity index is 594. The van der Waals surface area contributed by atoms with Crippen molar-refractivity contribution >= 4 is 28.4 Å². The zero-order chi connectivity index (χ0) is 21.1. The molecule has 1 heterocycles. The van der Waals surface area contributed by atoms with Crippen molar-refractivity contribution in [2.45, 2.75) is 90.0 Å². The first-order valence-corrected chi connectivity index (χ1v) is 12.3. The van der Waals surface area contributed by atoms with E-state index in [2.05, 4.69) is 19.1 Å². The van der Waals surface area contributed by atoms with Gasteiger partial charge in [-0.3, -0.25) is 0 Å². The van der Waals surface area contributed by atoms with Crippen LogP contribution < -0.4 is 0 Å². The van der Waals surface area contributed by atoms with Crippen LogP contribution >= 0.6 is 24.0 Å². The predicted octanol–water partition coefficient (Wildman–Crippen LogP) is 6.12. The van der Waals surface area contributed by atoms with Crippen LogP contribution in [0.1, 0.15) is 64.9 Å². The van der Waals surface area contributed by atoms with Gasteiger partial charge in [-0.05, 0) is 44.3 Å². The summed E-state index contributed by atoms with van der Waals surface area (Å²) in [6.07, 6.45) is 8.55. The van der Waals surface area contributed by atoms with E-state index in [-0.39, 0.29) is 18.3 Å². The minimum atomic E-state index is -0.624. The molecule has 0 N–H and O–H groups in total. The predicted molar refractivity (Wildman–Crippen MR) is 124 cm³/mol. The van der Waals surface area contributed by atoms with Gasteiger partial charge >= 0.3 is 0 Å². The molecule has 1 saturated heterocycles. The monoisotopic (exact) mass is 440 g/mol. The number of hydrogen-bond donors (Lipinski definition) is 0. The highest BCUT2D eigenvalue weighted by molar-refractivity contribution is 8.22. The van der Waals surface area contributed by atoms with E-state index in [1.165, 1.54) is 37.4 Å². The highest BCUT2D eigenvalue weighted by atomic mass is 32.2. The van der Waals surface area contributed by atoms with Gasteiger partial charge in [0.2, 0.25) is 4.38 Å². The van der Waals surface area contributed by atoms with Crippen LogP contribution in [0.5, 0.6) is 0 Å². The SMILES string of the molecule is CCCCCCC[C@H]1OC(C)(C)O[C@@H]1[C@H](COCc1ccccc1)OC(=S)SC. The van der Waals surface area contributed by atoms with Crippen LogP contribution in [0.3, 0.4) is 0 Å². The second-order valence-corrected chi connectivity index (χ2v) is 9.36. The molecular formula is C23H36O4S2. The average Bonchev–Trinajstić information content (AvgIpc) is 3.02. The lowest BCUT2D eigenvalue weighted by molar-refractivity contribution is -0.157. The Morgan fingerprint density at radius 1 is 1.14 bits per heavy atom. The van der Waals surface area contributed by atoms with Gasteiger partial charge in [-0.2, -0.15) is 0 Å². The van der Waals surface area contributed by atoms with E-state index in [1.54, 1.807) is 0 Å². The number of unbranched alkanes of at least 4 members (excludes halogenated alkanes) is 4. The van der Waals surface area contributed by atoms with E-state index in [0.717, 1.165) is 18.4 Å². The molecule has 1 aliphatic heterocycles. The maximum absolute atomic E-state index is 6.25. The summed E-state index contributed by atoms with van der Waals surface area (Å²) in [6.45, 7) is 7.10. The first-order chi connectivity index (χ1) is 13.9. The fraction of sp³-hybridized carbons (Fsp3) is 0.696. The molecule has 0 aliphatic carbocycles. The van der Waals surface area contributed by atoms with Crippen molar-refractivity contribution in [3.63, 3.8) is 0 Å². The van der Waals surface area contributed by atoms with Gasteiger partial charge in [-0.25, -0.2) is 0 Å². The molecule has 1 aliphatic rings. The van der Waals surface area contributed by atoms with Gasteiger partial charge in [-0.1, -0.05) is 81.1 Å².